The summed E-state index contributed by atoms with van der Waals surface area (Å²) in [5.74, 6) is -0.0339. The van der Waals surface area contributed by atoms with Crippen molar-refractivity contribution in [3.63, 3.8) is 0 Å². The second kappa shape index (κ2) is 9.05. The van der Waals surface area contributed by atoms with Gasteiger partial charge < -0.3 is 15.4 Å². The second-order valence-electron chi connectivity index (χ2n) is 3.00. The third-order valence-electron chi connectivity index (χ3n) is 1.58. The highest BCUT2D eigenvalue weighted by molar-refractivity contribution is 5.72. The van der Waals surface area contributed by atoms with E-state index < -0.39 is 6.09 Å². The molecule has 0 heterocycles. The molecule has 15 heavy (non-hydrogen) atoms. The fraction of sp³-hybridized carbons (Fsp3) is 0.600. The van der Waals surface area contributed by atoms with Crippen LogP contribution in [-0.4, -0.2) is 31.7 Å². The number of alkyl carbamates (subject to hydrolysis) is 1. The Kier molecular flexibility index (Phi) is 8.13. The Balaban J connectivity index is 3.19. The Labute approximate surface area is 89.9 Å². The molecule has 0 fully saturated rings. The van der Waals surface area contributed by atoms with Gasteiger partial charge in [-0.3, -0.25) is 4.79 Å². The number of amides is 2. The monoisotopic (exact) mass is 214 g/mol. The van der Waals surface area contributed by atoms with Crippen LogP contribution < -0.4 is 10.6 Å². The Morgan fingerprint density at radius 3 is 2.40 bits per heavy atom. The summed E-state index contributed by atoms with van der Waals surface area (Å²) in [7, 11) is 0. The normalized spacial score (nSPS) is 9.13. The van der Waals surface area contributed by atoms with E-state index in [0.717, 1.165) is 12.8 Å². The van der Waals surface area contributed by atoms with Crippen molar-refractivity contribution in [3.05, 3.63) is 12.7 Å². The lowest BCUT2D eigenvalue weighted by Crippen LogP contribution is -2.26. The summed E-state index contributed by atoms with van der Waals surface area (Å²) in [6.45, 7) is 6.31. The molecule has 0 aromatic rings. The van der Waals surface area contributed by atoms with Crippen LogP contribution in [-0.2, 0) is 9.53 Å². The largest absolute Gasteiger partial charge is 0.445 e. The van der Waals surface area contributed by atoms with Crippen molar-refractivity contribution in [2.24, 2.45) is 0 Å². The molecule has 0 aliphatic heterocycles. The van der Waals surface area contributed by atoms with Crippen LogP contribution >= 0.6 is 0 Å². The summed E-state index contributed by atoms with van der Waals surface area (Å²) in [4.78, 5) is 21.4. The van der Waals surface area contributed by atoms with Gasteiger partial charge in [0.1, 0.15) is 6.61 Å². The van der Waals surface area contributed by atoms with Gasteiger partial charge in [0.15, 0.2) is 0 Å². The van der Waals surface area contributed by atoms with Gasteiger partial charge in [-0.15, -0.1) is 0 Å². The van der Waals surface area contributed by atoms with E-state index in [1.165, 1.54) is 13.0 Å². The minimum atomic E-state index is -0.436. The number of carbonyl (C=O) groups excluding carboxylic acids is 2. The van der Waals surface area contributed by atoms with Crippen LogP contribution in [0.2, 0.25) is 0 Å². The van der Waals surface area contributed by atoms with Crippen LogP contribution in [0.25, 0.3) is 0 Å². The first-order valence-corrected chi connectivity index (χ1v) is 4.92. The Morgan fingerprint density at radius 2 is 1.87 bits per heavy atom. The van der Waals surface area contributed by atoms with E-state index in [9.17, 15) is 9.59 Å². The molecule has 0 atom stereocenters. The van der Waals surface area contributed by atoms with Crippen LogP contribution in [0, 0.1) is 0 Å². The van der Waals surface area contributed by atoms with Gasteiger partial charge in [-0.05, 0) is 12.8 Å². The van der Waals surface area contributed by atoms with Crippen molar-refractivity contribution in [2.75, 3.05) is 19.7 Å². The van der Waals surface area contributed by atoms with Crippen molar-refractivity contribution in [3.8, 4) is 0 Å². The molecule has 0 aromatic heterocycles. The highest BCUT2D eigenvalue weighted by atomic mass is 16.5. The highest BCUT2D eigenvalue weighted by Gasteiger charge is 1.98. The third kappa shape index (κ3) is 10.4. The highest BCUT2D eigenvalue weighted by Crippen LogP contribution is 1.86. The molecule has 0 saturated heterocycles. The minimum Gasteiger partial charge on any atom is -0.445 e. The summed E-state index contributed by atoms with van der Waals surface area (Å²) in [5, 5.41) is 5.26. The number of hydrogen-bond donors (Lipinski definition) is 2. The molecule has 86 valence electrons. The van der Waals surface area contributed by atoms with E-state index in [1.807, 2.05) is 0 Å². The lowest BCUT2D eigenvalue weighted by Gasteiger charge is -2.05. The molecule has 2 N–H and O–H groups in total. The quantitative estimate of drug-likeness (QED) is 0.487. The van der Waals surface area contributed by atoms with Crippen LogP contribution in [0.4, 0.5) is 4.79 Å². The van der Waals surface area contributed by atoms with E-state index >= 15 is 0 Å². The Hall–Kier alpha value is -1.52. The van der Waals surface area contributed by atoms with Crippen LogP contribution in [0.15, 0.2) is 12.7 Å². The molecule has 0 spiro atoms. The minimum absolute atomic E-state index is 0.0339. The van der Waals surface area contributed by atoms with Crippen molar-refractivity contribution >= 4 is 12.0 Å². The van der Waals surface area contributed by atoms with Gasteiger partial charge in [0.25, 0.3) is 0 Å². The number of hydrogen-bond acceptors (Lipinski definition) is 3. The summed E-state index contributed by atoms with van der Waals surface area (Å²) in [6.07, 6.45) is 2.72. The first-order valence-electron chi connectivity index (χ1n) is 4.92. The standard InChI is InChI=1S/C10H18N2O3/c1-3-8-15-10(14)12-7-5-4-6-11-9(2)13/h3H,1,4-8H2,2H3,(H,11,13)(H,12,14). The number of carbonyl (C=O) groups is 2. The predicted molar refractivity (Wildman–Crippen MR) is 57.5 cm³/mol. The smallest absolute Gasteiger partial charge is 0.407 e. The van der Waals surface area contributed by atoms with E-state index in [4.69, 9.17) is 4.74 Å². The molecule has 0 unspecified atom stereocenters. The zero-order chi connectivity index (χ0) is 11.5. The molecule has 0 radical (unpaired) electrons. The Bertz CT molecular complexity index is 217. The van der Waals surface area contributed by atoms with E-state index in [2.05, 4.69) is 17.2 Å². The van der Waals surface area contributed by atoms with Gasteiger partial charge in [-0.1, -0.05) is 12.7 Å². The maximum absolute atomic E-state index is 10.9. The van der Waals surface area contributed by atoms with Crippen molar-refractivity contribution in [2.45, 2.75) is 19.8 Å². The zero-order valence-electron chi connectivity index (χ0n) is 9.04. The molecule has 0 aromatic carbocycles. The fourth-order valence-electron chi connectivity index (χ4n) is 0.891. The maximum Gasteiger partial charge on any atom is 0.407 e. The van der Waals surface area contributed by atoms with Gasteiger partial charge in [0.05, 0.1) is 0 Å². The van der Waals surface area contributed by atoms with Gasteiger partial charge in [0.2, 0.25) is 5.91 Å². The number of ether oxygens (including phenoxy) is 1. The molecule has 0 aliphatic rings. The maximum atomic E-state index is 10.9. The Morgan fingerprint density at radius 1 is 1.27 bits per heavy atom. The lowest BCUT2D eigenvalue weighted by atomic mass is 10.3. The van der Waals surface area contributed by atoms with Gasteiger partial charge >= 0.3 is 6.09 Å². The van der Waals surface area contributed by atoms with Crippen LogP contribution in [0.3, 0.4) is 0 Å². The fourth-order valence-corrected chi connectivity index (χ4v) is 0.891. The third-order valence-corrected chi connectivity index (χ3v) is 1.58. The molecule has 5 nitrogen and oxygen atoms in total. The number of rotatable bonds is 7. The van der Waals surface area contributed by atoms with Crippen LogP contribution in [0.5, 0.6) is 0 Å². The lowest BCUT2D eigenvalue weighted by molar-refractivity contribution is -0.118. The van der Waals surface area contributed by atoms with Crippen molar-refractivity contribution in [1.82, 2.24) is 10.6 Å². The van der Waals surface area contributed by atoms with Crippen LogP contribution in [0.1, 0.15) is 19.8 Å². The van der Waals surface area contributed by atoms with Crippen molar-refractivity contribution in [1.29, 1.82) is 0 Å². The van der Waals surface area contributed by atoms with Gasteiger partial charge in [-0.25, -0.2) is 4.79 Å². The molecule has 0 bridgehead atoms. The second-order valence-corrected chi connectivity index (χ2v) is 3.00. The van der Waals surface area contributed by atoms with E-state index in [0.29, 0.717) is 13.1 Å². The summed E-state index contributed by atoms with van der Waals surface area (Å²) in [6, 6.07) is 0. The number of nitrogens with one attached hydrogen (secondary N) is 2. The first-order chi connectivity index (χ1) is 7.16. The van der Waals surface area contributed by atoms with E-state index in [1.54, 1.807) is 0 Å². The first kappa shape index (κ1) is 13.5. The topological polar surface area (TPSA) is 67.4 Å². The van der Waals surface area contributed by atoms with E-state index in [-0.39, 0.29) is 12.5 Å². The molecular weight excluding hydrogens is 196 g/mol. The molecule has 0 saturated carbocycles. The summed E-state index contributed by atoms with van der Waals surface area (Å²) < 4.78 is 4.70. The molecule has 0 rings (SSSR count). The molecule has 2 amide bonds. The number of unbranched alkanes of at least 4 members (excludes halogenated alkanes) is 1. The zero-order valence-corrected chi connectivity index (χ0v) is 9.04. The van der Waals surface area contributed by atoms with Gasteiger partial charge in [0, 0.05) is 20.0 Å². The predicted octanol–water partition coefficient (Wildman–Crippen LogP) is 0.815. The summed E-state index contributed by atoms with van der Waals surface area (Å²) in [5.41, 5.74) is 0. The van der Waals surface area contributed by atoms with Gasteiger partial charge in [-0.2, -0.15) is 0 Å². The molecule has 5 heteroatoms. The average Bonchev–Trinajstić information content (AvgIpc) is 2.19. The molecule has 0 aliphatic carbocycles. The molecular formula is C10H18N2O3. The average molecular weight is 214 g/mol. The summed E-state index contributed by atoms with van der Waals surface area (Å²) >= 11 is 0. The van der Waals surface area contributed by atoms with Crippen molar-refractivity contribution < 1.29 is 14.3 Å². The SMILES string of the molecule is C=CCOC(=O)NCCCCNC(C)=O.